The van der Waals surface area contributed by atoms with Crippen molar-refractivity contribution in [2.75, 3.05) is 26.8 Å². The molecule has 1 heterocycles. The highest BCUT2D eigenvalue weighted by atomic mass is 32.2. The Balaban J connectivity index is 1.94. The molecule has 0 aliphatic carbocycles. The van der Waals surface area contributed by atoms with Gasteiger partial charge in [0, 0.05) is 26.2 Å². The van der Waals surface area contributed by atoms with E-state index < -0.39 is 10.0 Å². The van der Waals surface area contributed by atoms with Gasteiger partial charge in [-0.2, -0.15) is 0 Å². The lowest BCUT2D eigenvalue weighted by atomic mass is 10.1. The molecule has 0 radical (unpaired) electrons. The van der Waals surface area contributed by atoms with E-state index in [1.165, 1.54) is 0 Å². The van der Waals surface area contributed by atoms with E-state index in [1.54, 1.807) is 31.1 Å². The summed E-state index contributed by atoms with van der Waals surface area (Å²) < 4.78 is 32.9. The quantitative estimate of drug-likeness (QED) is 0.842. The maximum absolute atomic E-state index is 12.6. The minimum Gasteiger partial charge on any atom is -0.384 e. The Bertz CT molecular complexity index is 680. The summed E-state index contributed by atoms with van der Waals surface area (Å²) in [6, 6.07) is 5.18. The van der Waals surface area contributed by atoms with E-state index in [2.05, 4.69) is 4.72 Å². The van der Waals surface area contributed by atoms with Crippen LogP contribution in [0.1, 0.15) is 30.4 Å². The first-order chi connectivity index (χ1) is 11.3. The zero-order chi connectivity index (χ0) is 17.7. The van der Waals surface area contributed by atoms with Crippen molar-refractivity contribution in [3.8, 4) is 0 Å². The van der Waals surface area contributed by atoms with Crippen molar-refractivity contribution in [1.82, 2.24) is 9.62 Å². The number of piperidine rings is 1. The number of benzene rings is 1. The molecule has 1 N–H and O–H groups in total. The molecule has 0 unspecified atom stereocenters. The lowest BCUT2D eigenvalue weighted by Crippen LogP contribution is -2.46. The first-order valence-corrected chi connectivity index (χ1v) is 9.68. The summed E-state index contributed by atoms with van der Waals surface area (Å²) in [5, 5.41) is 0. The van der Waals surface area contributed by atoms with Crippen molar-refractivity contribution in [2.24, 2.45) is 0 Å². The first-order valence-electron chi connectivity index (χ1n) is 8.20. The molecule has 134 valence electrons. The SMILES string of the molecule is COCCC(=O)N1CCC(NS(=O)(=O)c2ccc(C)cc2C)CC1. The van der Waals surface area contributed by atoms with Crippen LogP contribution in [0.3, 0.4) is 0 Å². The van der Waals surface area contributed by atoms with Crippen LogP contribution in [0.4, 0.5) is 0 Å². The van der Waals surface area contributed by atoms with Gasteiger partial charge in [-0.05, 0) is 38.3 Å². The lowest BCUT2D eigenvalue weighted by molar-refractivity contribution is -0.133. The van der Waals surface area contributed by atoms with Crippen molar-refractivity contribution in [1.29, 1.82) is 0 Å². The standard InChI is InChI=1S/C17H26N2O4S/c1-13-4-5-16(14(2)12-13)24(21,22)18-15-6-9-19(10-7-15)17(20)8-11-23-3/h4-5,12,15,18H,6-11H2,1-3H3. The molecule has 1 amide bonds. The Morgan fingerprint density at radius 2 is 1.96 bits per heavy atom. The average molecular weight is 354 g/mol. The number of ether oxygens (including phenoxy) is 1. The summed E-state index contributed by atoms with van der Waals surface area (Å²) in [7, 11) is -1.96. The summed E-state index contributed by atoms with van der Waals surface area (Å²) in [6.45, 7) is 5.30. The van der Waals surface area contributed by atoms with Gasteiger partial charge in [0.25, 0.3) is 0 Å². The summed E-state index contributed by atoms with van der Waals surface area (Å²) in [5.41, 5.74) is 1.78. The molecule has 0 bridgehead atoms. The van der Waals surface area contributed by atoms with Crippen LogP contribution in [0.5, 0.6) is 0 Å². The predicted molar refractivity (Wildman–Crippen MR) is 92.3 cm³/mol. The smallest absolute Gasteiger partial charge is 0.241 e. The van der Waals surface area contributed by atoms with Crippen molar-refractivity contribution >= 4 is 15.9 Å². The third-order valence-corrected chi connectivity index (χ3v) is 5.99. The lowest BCUT2D eigenvalue weighted by Gasteiger charge is -2.32. The van der Waals surface area contributed by atoms with Crippen LogP contribution >= 0.6 is 0 Å². The average Bonchev–Trinajstić information content (AvgIpc) is 2.52. The molecule has 1 aromatic carbocycles. The van der Waals surface area contributed by atoms with E-state index in [4.69, 9.17) is 4.74 Å². The molecule has 0 aromatic heterocycles. The molecule has 0 spiro atoms. The van der Waals surface area contributed by atoms with E-state index >= 15 is 0 Å². The Hall–Kier alpha value is -1.44. The number of nitrogens with zero attached hydrogens (tertiary/aromatic N) is 1. The molecule has 2 rings (SSSR count). The zero-order valence-corrected chi connectivity index (χ0v) is 15.4. The number of hydrogen-bond donors (Lipinski definition) is 1. The molecule has 1 aliphatic rings. The van der Waals surface area contributed by atoms with Crippen LogP contribution in [0.15, 0.2) is 23.1 Å². The van der Waals surface area contributed by atoms with Crippen molar-refractivity contribution in [3.05, 3.63) is 29.3 Å². The van der Waals surface area contributed by atoms with Gasteiger partial charge in [0.15, 0.2) is 0 Å². The second kappa shape index (κ2) is 8.09. The van der Waals surface area contributed by atoms with Gasteiger partial charge in [0.1, 0.15) is 0 Å². The van der Waals surface area contributed by atoms with Gasteiger partial charge in [-0.25, -0.2) is 13.1 Å². The molecule has 1 saturated heterocycles. The maximum Gasteiger partial charge on any atom is 0.241 e. The number of methoxy groups -OCH3 is 1. The Morgan fingerprint density at radius 3 is 2.54 bits per heavy atom. The summed E-state index contributed by atoms with van der Waals surface area (Å²) in [5.74, 6) is 0.0625. The Kier molecular flexibility index (Phi) is 6.37. The van der Waals surface area contributed by atoms with E-state index in [0.717, 1.165) is 11.1 Å². The van der Waals surface area contributed by atoms with Crippen LogP contribution in [-0.2, 0) is 19.6 Å². The monoisotopic (exact) mass is 354 g/mol. The number of sulfonamides is 1. The number of amides is 1. The van der Waals surface area contributed by atoms with E-state index in [9.17, 15) is 13.2 Å². The van der Waals surface area contributed by atoms with E-state index in [-0.39, 0.29) is 11.9 Å². The van der Waals surface area contributed by atoms with Crippen LogP contribution in [0.25, 0.3) is 0 Å². The summed E-state index contributed by atoms with van der Waals surface area (Å²) >= 11 is 0. The molecule has 7 heteroatoms. The third-order valence-electron chi connectivity index (χ3n) is 4.31. The number of rotatable bonds is 6. The Labute approximate surface area is 144 Å². The number of likely N-dealkylation sites (tertiary alicyclic amines) is 1. The number of aryl methyl sites for hydroxylation is 2. The highest BCUT2D eigenvalue weighted by molar-refractivity contribution is 7.89. The van der Waals surface area contributed by atoms with Gasteiger partial charge in [-0.1, -0.05) is 17.7 Å². The van der Waals surface area contributed by atoms with E-state index in [0.29, 0.717) is 43.9 Å². The minimum absolute atomic E-state index is 0.0625. The fourth-order valence-electron chi connectivity index (χ4n) is 2.98. The molecular weight excluding hydrogens is 328 g/mol. The largest absolute Gasteiger partial charge is 0.384 e. The summed E-state index contributed by atoms with van der Waals surface area (Å²) in [4.78, 5) is 14.1. The van der Waals surface area contributed by atoms with Crippen LogP contribution in [0, 0.1) is 13.8 Å². The van der Waals surface area contributed by atoms with Gasteiger partial charge in [0.2, 0.25) is 15.9 Å². The van der Waals surface area contributed by atoms with Crippen molar-refractivity contribution < 1.29 is 17.9 Å². The number of hydrogen-bond acceptors (Lipinski definition) is 4. The minimum atomic E-state index is -3.53. The van der Waals surface area contributed by atoms with Crippen LogP contribution in [-0.4, -0.2) is 52.1 Å². The van der Waals surface area contributed by atoms with E-state index in [1.807, 2.05) is 13.0 Å². The highest BCUT2D eigenvalue weighted by Gasteiger charge is 2.27. The third kappa shape index (κ3) is 4.78. The van der Waals surface area contributed by atoms with Gasteiger partial charge < -0.3 is 9.64 Å². The summed E-state index contributed by atoms with van der Waals surface area (Å²) in [6.07, 6.45) is 1.63. The predicted octanol–water partition coefficient (Wildman–Crippen LogP) is 1.61. The number of nitrogens with one attached hydrogen (secondary N) is 1. The zero-order valence-electron chi connectivity index (χ0n) is 14.5. The molecule has 24 heavy (non-hydrogen) atoms. The molecule has 1 aliphatic heterocycles. The van der Waals surface area contributed by atoms with Crippen molar-refractivity contribution in [2.45, 2.75) is 44.0 Å². The number of carbonyl (C=O) groups excluding carboxylic acids is 1. The van der Waals surface area contributed by atoms with Gasteiger partial charge in [-0.3, -0.25) is 4.79 Å². The first kappa shape index (κ1) is 18.9. The van der Waals surface area contributed by atoms with Crippen LogP contribution in [0.2, 0.25) is 0 Å². The Morgan fingerprint density at radius 1 is 1.29 bits per heavy atom. The van der Waals surface area contributed by atoms with Gasteiger partial charge >= 0.3 is 0 Å². The second-order valence-corrected chi connectivity index (χ2v) is 7.97. The van der Waals surface area contributed by atoms with Gasteiger partial charge in [0.05, 0.1) is 17.9 Å². The van der Waals surface area contributed by atoms with Crippen LogP contribution < -0.4 is 4.72 Å². The van der Waals surface area contributed by atoms with Crippen molar-refractivity contribution in [3.63, 3.8) is 0 Å². The fourth-order valence-corrected chi connectivity index (χ4v) is 4.51. The number of carbonyl (C=O) groups is 1. The highest BCUT2D eigenvalue weighted by Crippen LogP contribution is 2.19. The maximum atomic E-state index is 12.6. The molecule has 0 atom stereocenters. The molecule has 0 saturated carbocycles. The molecule has 1 aromatic rings. The van der Waals surface area contributed by atoms with Gasteiger partial charge in [-0.15, -0.1) is 0 Å². The second-order valence-electron chi connectivity index (χ2n) is 6.29. The normalized spacial score (nSPS) is 16.4. The molecule has 6 nitrogen and oxygen atoms in total. The topological polar surface area (TPSA) is 75.7 Å². The molecular formula is C17H26N2O4S. The fraction of sp³-hybridized carbons (Fsp3) is 0.588. The molecule has 1 fully saturated rings.